The molecule has 5 nitrogen and oxygen atoms in total. The highest BCUT2D eigenvalue weighted by atomic mass is 32.2. The fraction of sp³-hybridized carbons (Fsp3) is 0.250. The van der Waals surface area contributed by atoms with Crippen LogP contribution in [-0.4, -0.2) is 26.4 Å². The summed E-state index contributed by atoms with van der Waals surface area (Å²) in [4.78, 5) is 0.200. The van der Waals surface area contributed by atoms with Gasteiger partial charge in [-0.25, -0.2) is 8.42 Å². The summed E-state index contributed by atoms with van der Waals surface area (Å²) in [6, 6.07) is 14.3. The number of furan rings is 1. The lowest BCUT2D eigenvalue weighted by atomic mass is 10.0. The van der Waals surface area contributed by atoms with E-state index in [0.717, 1.165) is 22.3 Å². The molecule has 1 aromatic heterocycles. The van der Waals surface area contributed by atoms with E-state index in [1.165, 1.54) is 4.31 Å². The summed E-state index contributed by atoms with van der Waals surface area (Å²) in [5.74, 6) is 4.26. The van der Waals surface area contributed by atoms with Crippen LogP contribution in [0.4, 0.5) is 0 Å². The molecule has 0 bridgehead atoms. The van der Waals surface area contributed by atoms with Crippen LogP contribution in [0.15, 0.2) is 57.8 Å². The first kappa shape index (κ1) is 21.7. The van der Waals surface area contributed by atoms with Crippen LogP contribution in [0, 0.1) is 33.1 Å². The fourth-order valence-corrected chi connectivity index (χ4v) is 4.68. The highest BCUT2D eigenvalue weighted by molar-refractivity contribution is 7.89. The van der Waals surface area contributed by atoms with Crippen LogP contribution in [0.5, 0.6) is 5.75 Å². The Balaban J connectivity index is 1.93. The topological polar surface area (TPSA) is 59.8 Å². The van der Waals surface area contributed by atoms with Crippen molar-refractivity contribution in [2.45, 2.75) is 32.2 Å². The largest absolute Gasteiger partial charge is 0.496 e. The smallest absolute Gasteiger partial charge is 0.244 e. The number of ether oxygens (including phenoxy) is 1. The highest BCUT2D eigenvalue weighted by Crippen LogP contribution is 2.35. The van der Waals surface area contributed by atoms with Crippen molar-refractivity contribution in [3.63, 3.8) is 0 Å². The molecule has 0 saturated heterocycles. The van der Waals surface area contributed by atoms with Gasteiger partial charge in [-0.1, -0.05) is 29.7 Å². The molecule has 0 amide bonds. The Morgan fingerprint density at radius 2 is 1.73 bits per heavy atom. The van der Waals surface area contributed by atoms with E-state index in [2.05, 4.69) is 5.92 Å². The summed E-state index contributed by atoms with van der Waals surface area (Å²) in [6.45, 7) is 5.87. The third-order valence-electron chi connectivity index (χ3n) is 4.83. The van der Waals surface area contributed by atoms with Gasteiger partial charge in [0.1, 0.15) is 17.3 Å². The predicted octanol–water partition coefficient (Wildman–Crippen LogP) is 4.70. The first-order valence-corrected chi connectivity index (χ1v) is 10.9. The van der Waals surface area contributed by atoms with Gasteiger partial charge < -0.3 is 9.15 Å². The average Bonchev–Trinajstić information content (AvgIpc) is 3.15. The minimum Gasteiger partial charge on any atom is -0.496 e. The summed E-state index contributed by atoms with van der Waals surface area (Å²) in [5, 5.41) is 0. The van der Waals surface area contributed by atoms with Gasteiger partial charge in [-0.15, -0.1) is 6.42 Å². The predicted molar refractivity (Wildman–Crippen MR) is 118 cm³/mol. The third-order valence-corrected chi connectivity index (χ3v) is 6.64. The Hall–Kier alpha value is -3.01. The maximum atomic E-state index is 13.1. The summed E-state index contributed by atoms with van der Waals surface area (Å²) >= 11 is 0. The Morgan fingerprint density at radius 3 is 2.37 bits per heavy atom. The van der Waals surface area contributed by atoms with Crippen LogP contribution in [0.25, 0.3) is 11.3 Å². The molecule has 3 aromatic rings. The second-order valence-electron chi connectivity index (χ2n) is 7.22. The third kappa shape index (κ3) is 4.43. The van der Waals surface area contributed by atoms with E-state index in [4.69, 9.17) is 15.6 Å². The van der Waals surface area contributed by atoms with Gasteiger partial charge >= 0.3 is 0 Å². The molecule has 0 saturated carbocycles. The molecule has 0 spiro atoms. The fourth-order valence-electron chi connectivity index (χ4n) is 3.36. The highest BCUT2D eigenvalue weighted by Gasteiger charge is 2.25. The van der Waals surface area contributed by atoms with Gasteiger partial charge in [0.2, 0.25) is 10.0 Å². The number of hydrogen-bond donors (Lipinski definition) is 0. The van der Waals surface area contributed by atoms with Crippen LogP contribution in [0.3, 0.4) is 0 Å². The van der Waals surface area contributed by atoms with E-state index in [9.17, 15) is 8.42 Å². The Kier molecular flexibility index (Phi) is 6.35. The van der Waals surface area contributed by atoms with Crippen molar-refractivity contribution in [3.05, 3.63) is 71.0 Å². The average molecular weight is 424 g/mol. The van der Waals surface area contributed by atoms with Crippen LogP contribution >= 0.6 is 0 Å². The second-order valence-corrected chi connectivity index (χ2v) is 9.15. The van der Waals surface area contributed by atoms with Gasteiger partial charge in [-0.2, -0.15) is 4.31 Å². The van der Waals surface area contributed by atoms with Gasteiger partial charge in [-0.05, 0) is 62.2 Å². The van der Waals surface area contributed by atoms with Crippen molar-refractivity contribution in [2.75, 3.05) is 13.7 Å². The van der Waals surface area contributed by atoms with Gasteiger partial charge in [0, 0.05) is 0 Å². The molecule has 0 N–H and O–H groups in total. The molecule has 6 heteroatoms. The number of nitrogens with zero attached hydrogens (tertiary/aromatic N) is 1. The first-order valence-electron chi connectivity index (χ1n) is 9.51. The van der Waals surface area contributed by atoms with E-state index in [1.54, 1.807) is 37.4 Å². The van der Waals surface area contributed by atoms with Crippen molar-refractivity contribution in [3.8, 4) is 29.4 Å². The van der Waals surface area contributed by atoms with Crippen molar-refractivity contribution in [2.24, 2.45) is 0 Å². The molecule has 1 heterocycles. The molecule has 0 aliphatic carbocycles. The quantitative estimate of drug-likeness (QED) is 0.517. The number of terminal acetylenes is 1. The Bertz CT molecular complexity index is 1180. The summed E-state index contributed by atoms with van der Waals surface area (Å²) in [6.07, 6.45) is 5.45. The van der Waals surface area contributed by atoms with E-state index >= 15 is 0 Å². The van der Waals surface area contributed by atoms with Gasteiger partial charge in [0.25, 0.3) is 0 Å². The van der Waals surface area contributed by atoms with Crippen molar-refractivity contribution in [1.29, 1.82) is 0 Å². The van der Waals surface area contributed by atoms with E-state index < -0.39 is 10.0 Å². The summed E-state index contributed by atoms with van der Waals surface area (Å²) < 4.78 is 38.9. The van der Waals surface area contributed by atoms with E-state index in [1.807, 2.05) is 39.0 Å². The molecule has 0 atom stereocenters. The van der Waals surface area contributed by atoms with E-state index in [-0.39, 0.29) is 18.0 Å². The molecule has 30 heavy (non-hydrogen) atoms. The molecule has 156 valence electrons. The minimum absolute atomic E-state index is 0.0354. The number of benzene rings is 2. The second kappa shape index (κ2) is 8.78. The zero-order chi connectivity index (χ0) is 21.9. The van der Waals surface area contributed by atoms with Crippen molar-refractivity contribution < 1.29 is 17.6 Å². The molecule has 0 aliphatic rings. The lowest BCUT2D eigenvalue weighted by Gasteiger charge is -2.19. The zero-order valence-corrected chi connectivity index (χ0v) is 18.4. The SMILES string of the molecule is C#CCN(Cc1ccc(-c2c(C)cc(C)cc2OC)o1)S(=O)(=O)c1ccc(C)cc1. The maximum Gasteiger partial charge on any atom is 0.244 e. The van der Waals surface area contributed by atoms with Gasteiger partial charge in [-0.3, -0.25) is 0 Å². The number of hydrogen-bond acceptors (Lipinski definition) is 4. The normalized spacial score (nSPS) is 11.5. The molecule has 0 aliphatic heterocycles. The van der Waals surface area contributed by atoms with Gasteiger partial charge in [0.05, 0.1) is 30.7 Å². The van der Waals surface area contributed by atoms with Crippen LogP contribution in [0.1, 0.15) is 22.5 Å². The molecular formula is C24H25NO4S. The molecule has 2 aromatic carbocycles. The summed E-state index contributed by atoms with van der Waals surface area (Å²) in [5.41, 5.74) is 3.93. The molecule has 0 fully saturated rings. The van der Waals surface area contributed by atoms with Gasteiger partial charge in [0.15, 0.2) is 0 Å². The minimum atomic E-state index is -3.75. The summed E-state index contributed by atoms with van der Waals surface area (Å²) in [7, 11) is -2.14. The Morgan fingerprint density at radius 1 is 1.03 bits per heavy atom. The molecule has 0 unspecified atom stereocenters. The Labute approximate surface area is 178 Å². The van der Waals surface area contributed by atoms with Crippen molar-refractivity contribution in [1.82, 2.24) is 4.31 Å². The number of sulfonamides is 1. The standard InChI is InChI=1S/C24H25NO4S/c1-6-13-25(30(26,27)21-10-7-17(2)8-11-21)16-20-9-12-22(29-20)24-19(4)14-18(3)15-23(24)28-5/h1,7-12,14-15H,13,16H2,2-5H3. The molecular weight excluding hydrogens is 398 g/mol. The first-order chi connectivity index (χ1) is 14.3. The lowest BCUT2D eigenvalue weighted by Crippen LogP contribution is -2.30. The number of methoxy groups -OCH3 is 1. The lowest BCUT2D eigenvalue weighted by molar-refractivity contribution is 0.390. The monoisotopic (exact) mass is 423 g/mol. The van der Waals surface area contributed by atoms with Crippen molar-refractivity contribution >= 4 is 10.0 Å². The van der Waals surface area contributed by atoms with Crippen LogP contribution < -0.4 is 4.74 Å². The van der Waals surface area contributed by atoms with E-state index in [0.29, 0.717) is 17.3 Å². The maximum absolute atomic E-state index is 13.1. The number of aryl methyl sites for hydroxylation is 3. The van der Waals surface area contributed by atoms with Crippen LogP contribution in [-0.2, 0) is 16.6 Å². The van der Waals surface area contributed by atoms with Crippen LogP contribution in [0.2, 0.25) is 0 Å². The molecule has 0 radical (unpaired) electrons. The molecule has 3 rings (SSSR count). The zero-order valence-electron chi connectivity index (χ0n) is 17.6. The number of rotatable bonds is 7.